The highest BCUT2D eigenvalue weighted by atomic mass is 16.8. The molecule has 7 fully saturated rings. The molecule has 4 saturated carbocycles. The maximum absolute atomic E-state index is 11.7. The molecular formula is C19H28O3. The standard InChI is InChI=1S/C19H28O3/c20-19-14-7-10-16(19)12-15-6-2-4-9-18(15,22-19)21-17(16)8-3-1-5-13(17)11-14/h13-15,20H,1-12H2/t13-,14-,15+,16-,17-,18-,19-/m0/s1. The molecule has 4 aliphatic carbocycles. The quantitative estimate of drug-likeness (QED) is 0.741. The normalized spacial score (nSPS) is 65.0. The van der Waals surface area contributed by atoms with Crippen LogP contribution in [0.4, 0.5) is 0 Å². The van der Waals surface area contributed by atoms with E-state index in [4.69, 9.17) is 9.47 Å². The molecular weight excluding hydrogens is 276 g/mol. The number of aliphatic hydroxyl groups is 1. The van der Waals surface area contributed by atoms with Gasteiger partial charge in [-0.3, -0.25) is 0 Å². The van der Waals surface area contributed by atoms with Crippen LogP contribution >= 0.6 is 0 Å². The molecule has 1 N–H and O–H groups in total. The zero-order valence-electron chi connectivity index (χ0n) is 13.5. The third-order valence-corrected chi connectivity index (χ3v) is 8.78. The van der Waals surface area contributed by atoms with Crippen LogP contribution in [0.15, 0.2) is 0 Å². The molecule has 0 amide bonds. The van der Waals surface area contributed by atoms with Gasteiger partial charge in [-0.2, -0.15) is 0 Å². The molecule has 3 heterocycles. The van der Waals surface area contributed by atoms with Crippen molar-refractivity contribution in [3.63, 3.8) is 0 Å². The first-order valence-electron chi connectivity index (χ1n) is 9.77. The molecule has 7 rings (SSSR count). The number of hydrogen-bond acceptors (Lipinski definition) is 3. The van der Waals surface area contributed by atoms with E-state index in [1.807, 2.05) is 0 Å². The molecule has 0 aromatic heterocycles. The van der Waals surface area contributed by atoms with Crippen LogP contribution in [0, 0.1) is 23.2 Å². The van der Waals surface area contributed by atoms with E-state index in [-0.39, 0.29) is 11.0 Å². The molecule has 7 aliphatic rings. The zero-order chi connectivity index (χ0) is 14.6. The molecule has 0 aromatic carbocycles. The molecule has 3 spiro atoms. The Labute approximate surface area is 132 Å². The Morgan fingerprint density at radius 2 is 1.59 bits per heavy atom. The van der Waals surface area contributed by atoms with Crippen LogP contribution in [0.1, 0.15) is 77.0 Å². The van der Waals surface area contributed by atoms with Gasteiger partial charge in [0.15, 0.2) is 11.6 Å². The summed E-state index contributed by atoms with van der Waals surface area (Å²) in [6, 6.07) is 0. The van der Waals surface area contributed by atoms with Crippen molar-refractivity contribution in [3.05, 3.63) is 0 Å². The van der Waals surface area contributed by atoms with Crippen LogP contribution in [0.25, 0.3) is 0 Å². The zero-order valence-corrected chi connectivity index (χ0v) is 13.5. The summed E-state index contributed by atoms with van der Waals surface area (Å²) in [5.74, 6) is 0.275. The van der Waals surface area contributed by atoms with Gasteiger partial charge in [0, 0.05) is 18.3 Å². The largest absolute Gasteiger partial charge is 0.365 e. The van der Waals surface area contributed by atoms with E-state index < -0.39 is 11.6 Å². The van der Waals surface area contributed by atoms with Gasteiger partial charge in [-0.15, -0.1) is 0 Å². The first-order valence-corrected chi connectivity index (χ1v) is 9.77. The molecule has 3 nitrogen and oxygen atoms in total. The number of ether oxygens (including phenoxy) is 2. The summed E-state index contributed by atoms with van der Waals surface area (Å²) < 4.78 is 13.6. The highest BCUT2D eigenvalue weighted by Crippen LogP contribution is 2.78. The second-order valence-electron chi connectivity index (χ2n) is 9.24. The van der Waals surface area contributed by atoms with Crippen molar-refractivity contribution < 1.29 is 14.6 Å². The number of rotatable bonds is 0. The molecule has 0 radical (unpaired) electrons. The molecule has 5 bridgehead atoms. The van der Waals surface area contributed by atoms with Crippen LogP contribution in [-0.4, -0.2) is 22.3 Å². The maximum atomic E-state index is 11.7. The lowest BCUT2D eigenvalue weighted by molar-refractivity contribution is -0.548. The fourth-order valence-corrected chi connectivity index (χ4v) is 8.04. The molecule has 3 heteroatoms. The van der Waals surface area contributed by atoms with Crippen LogP contribution < -0.4 is 0 Å². The van der Waals surface area contributed by atoms with E-state index in [0.717, 1.165) is 25.7 Å². The van der Waals surface area contributed by atoms with Gasteiger partial charge in [0.25, 0.3) is 0 Å². The van der Waals surface area contributed by atoms with Crippen LogP contribution in [0.3, 0.4) is 0 Å². The van der Waals surface area contributed by atoms with Gasteiger partial charge < -0.3 is 14.6 Å². The lowest BCUT2D eigenvalue weighted by Crippen LogP contribution is -2.82. The second-order valence-corrected chi connectivity index (χ2v) is 9.24. The first kappa shape index (κ1) is 13.2. The van der Waals surface area contributed by atoms with Crippen molar-refractivity contribution in [3.8, 4) is 0 Å². The highest BCUT2D eigenvalue weighted by molar-refractivity contribution is 5.27. The molecule has 22 heavy (non-hydrogen) atoms. The summed E-state index contributed by atoms with van der Waals surface area (Å²) in [6.07, 6.45) is 14.5. The summed E-state index contributed by atoms with van der Waals surface area (Å²) >= 11 is 0. The summed E-state index contributed by atoms with van der Waals surface area (Å²) in [6.45, 7) is 0. The summed E-state index contributed by atoms with van der Waals surface area (Å²) in [4.78, 5) is 0. The van der Waals surface area contributed by atoms with Crippen molar-refractivity contribution >= 4 is 0 Å². The average Bonchev–Trinajstić information content (AvgIpc) is 2.70. The molecule has 0 unspecified atom stereocenters. The van der Waals surface area contributed by atoms with Gasteiger partial charge in [0.1, 0.15) is 0 Å². The fourth-order valence-electron chi connectivity index (χ4n) is 8.04. The minimum absolute atomic E-state index is 0.0565. The van der Waals surface area contributed by atoms with E-state index in [9.17, 15) is 5.11 Å². The monoisotopic (exact) mass is 304 g/mol. The number of hydrogen-bond donors (Lipinski definition) is 1. The first-order chi connectivity index (χ1) is 10.6. The summed E-state index contributed by atoms with van der Waals surface area (Å²) in [5, 5.41) is 11.7. The van der Waals surface area contributed by atoms with Gasteiger partial charge in [-0.25, -0.2) is 0 Å². The van der Waals surface area contributed by atoms with Gasteiger partial charge in [0.05, 0.1) is 11.0 Å². The SMILES string of the molecule is O[C@@]12O[C@@]34CCCC[C@@H]3C[C@]13CC[C@H]2C[C@@H]1CCCC[C@]13O4. The Balaban J connectivity index is 1.58. The Bertz CT molecular complexity index is 535. The lowest BCUT2D eigenvalue weighted by atomic mass is 9.46. The molecule has 122 valence electrons. The maximum Gasteiger partial charge on any atom is 0.180 e. The van der Waals surface area contributed by atoms with E-state index in [1.165, 1.54) is 51.4 Å². The van der Waals surface area contributed by atoms with Crippen molar-refractivity contribution in [2.24, 2.45) is 23.2 Å². The van der Waals surface area contributed by atoms with Crippen molar-refractivity contribution in [2.45, 2.75) is 94.2 Å². The van der Waals surface area contributed by atoms with Crippen LogP contribution in [-0.2, 0) is 9.47 Å². The van der Waals surface area contributed by atoms with Crippen molar-refractivity contribution in [1.29, 1.82) is 0 Å². The van der Waals surface area contributed by atoms with Crippen LogP contribution in [0.5, 0.6) is 0 Å². The Morgan fingerprint density at radius 1 is 0.773 bits per heavy atom. The van der Waals surface area contributed by atoms with Gasteiger partial charge >= 0.3 is 0 Å². The van der Waals surface area contributed by atoms with E-state index in [2.05, 4.69) is 0 Å². The van der Waals surface area contributed by atoms with Gasteiger partial charge in [-0.1, -0.05) is 19.3 Å². The minimum atomic E-state index is -0.868. The Morgan fingerprint density at radius 3 is 2.50 bits per heavy atom. The molecule has 3 aliphatic heterocycles. The van der Waals surface area contributed by atoms with Crippen molar-refractivity contribution in [1.82, 2.24) is 0 Å². The van der Waals surface area contributed by atoms with Gasteiger partial charge in [0.2, 0.25) is 0 Å². The van der Waals surface area contributed by atoms with E-state index >= 15 is 0 Å². The summed E-state index contributed by atoms with van der Waals surface area (Å²) in [5.41, 5.74) is -0.142. The molecule has 7 atom stereocenters. The minimum Gasteiger partial charge on any atom is -0.365 e. The molecule has 3 saturated heterocycles. The van der Waals surface area contributed by atoms with Crippen molar-refractivity contribution in [2.75, 3.05) is 0 Å². The molecule has 0 aromatic rings. The van der Waals surface area contributed by atoms with Crippen LogP contribution in [0.2, 0.25) is 0 Å². The second kappa shape index (κ2) is 3.75. The highest BCUT2D eigenvalue weighted by Gasteiger charge is 2.84. The predicted octanol–water partition coefficient (Wildman–Crippen LogP) is 3.74. The Hall–Kier alpha value is -0.120. The lowest BCUT2D eigenvalue weighted by Gasteiger charge is -2.75. The smallest absolute Gasteiger partial charge is 0.180 e. The van der Waals surface area contributed by atoms with E-state index in [1.54, 1.807) is 0 Å². The predicted molar refractivity (Wildman–Crippen MR) is 80.9 cm³/mol. The van der Waals surface area contributed by atoms with E-state index in [0.29, 0.717) is 17.8 Å². The third kappa shape index (κ3) is 1.14. The Kier molecular flexibility index (Phi) is 2.25. The fraction of sp³-hybridized carbons (Fsp3) is 1.00. The third-order valence-electron chi connectivity index (χ3n) is 8.78. The average molecular weight is 304 g/mol. The topological polar surface area (TPSA) is 38.7 Å². The summed E-state index contributed by atoms with van der Waals surface area (Å²) in [7, 11) is 0. The van der Waals surface area contributed by atoms with Gasteiger partial charge in [-0.05, 0) is 57.3 Å².